The second-order valence-corrected chi connectivity index (χ2v) is 8.11. The van der Waals surface area contributed by atoms with E-state index >= 15 is 0 Å². The van der Waals surface area contributed by atoms with Crippen LogP contribution in [0.25, 0.3) is 11.3 Å². The third kappa shape index (κ3) is 5.76. The van der Waals surface area contributed by atoms with E-state index in [1.54, 1.807) is 13.0 Å². The summed E-state index contributed by atoms with van der Waals surface area (Å²) in [5.74, 6) is -0.562. The van der Waals surface area contributed by atoms with Crippen molar-refractivity contribution in [3.8, 4) is 0 Å². The Labute approximate surface area is 208 Å². The molecule has 0 atom stereocenters. The number of hydrogen-bond acceptors (Lipinski definition) is 7. The standard InChI is InChI=1S/C27H26N4O5/c1-2-36-24(32)14-15-28-17-18-8-10-20(11-9-18)29-26(19-6-4-3-5-7-19)25-22-16-21(31(34)35)12-13-23(22)30-27(25)33/h3-13,16,28-29H,2,14-15,17H2,1H3,(H,30,33). The van der Waals surface area contributed by atoms with Crippen molar-refractivity contribution >= 4 is 40.2 Å². The Hall–Kier alpha value is -4.50. The number of hydrogen-bond donors (Lipinski definition) is 3. The van der Waals surface area contributed by atoms with Crippen molar-refractivity contribution in [2.45, 2.75) is 19.9 Å². The number of carbonyl (C=O) groups is 2. The Kier molecular flexibility index (Phi) is 7.72. The first kappa shape index (κ1) is 24.6. The number of nitrogens with one attached hydrogen (secondary N) is 3. The van der Waals surface area contributed by atoms with Gasteiger partial charge < -0.3 is 20.7 Å². The van der Waals surface area contributed by atoms with E-state index in [4.69, 9.17) is 4.74 Å². The van der Waals surface area contributed by atoms with Crippen molar-refractivity contribution in [2.24, 2.45) is 0 Å². The Morgan fingerprint density at radius 1 is 1.06 bits per heavy atom. The Bertz CT molecular complexity index is 1300. The van der Waals surface area contributed by atoms with Gasteiger partial charge in [-0.25, -0.2) is 0 Å². The van der Waals surface area contributed by atoms with Crippen LogP contribution in [0.15, 0.2) is 72.8 Å². The minimum Gasteiger partial charge on any atom is -0.466 e. The number of carbonyl (C=O) groups excluding carboxylic acids is 2. The van der Waals surface area contributed by atoms with Gasteiger partial charge in [0.2, 0.25) is 0 Å². The average molecular weight is 487 g/mol. The zero-order valence-corrected chi connectivity index (χ0v) is 19.7. The van der Waals surface area contributed by atoms with Crippen LogP contribution < -0.4 is 16.0 Å². The molecule has 1 amide bonds. The Morgan fingerprint density at radius 3 is 2.50 bits per heavy atom. The summed E-state index contributed by atoms with van der Waals surface area (Å²) in [5, 5.41) is 20.7. The average Bonchev–Trinajstić information content (AvgIpc) is 3.21. The van der Waals surface area contributed by atoms with Crippen LogP contribution in [0.1, 0.15) is 30.0 Å². The smallest absolute Gasteiger partial charge is 0.307 e. The molecular weight excluding hydrogens is 460 g/mol. The molecule has 1 heterocycles. The highest BCUT2D eigenvalue weighted by molar-refractivity contribution is 6.37. The van der Waals surface area contributed by atoms with Gasteiger partial charge >= 0.3 is 5.97 Å². The summed E-state index contributed by atoms with van der Waals surface area (Å²) >= 11 is 0. The van der Waals surface area contributed by atoms with Crippen molar-refractivity contribution in [1.82, 2.24) is 5.32 Å². The lowest BCUT2D eigenvalue weighted by molar-refractivity contribution is -0.384. The second kappa shape index (κ2) is 11.3. The number of nitrogens with zero attached hydrogens (tertiary/aromatic N) is 1. The molecule has 4 rings (SSSR count). The highest BCUT2D eigenvalue weighted by Crippen LogP contribution is 2.39. The van der Waals surface area contributed by atoms with Crippen molar-refractivity contribution in [2.75, 3.05) is 23.8 Å². The van der Waals surface area contributed by atoms with E-state index in [0.717, 1.165) is 16.8 Å². The Balaban J connectivity index is 1.58. The monoisotopic (exact) mass is 486 g/mol. The second-order valence-electron chi connectivity index (χ2n) is 8.11. The summed E-state index contributed by atoms with van der Waals surface area (Å²) in [6.45, 7) is 3.26. The van der Waals surface area contributed by atoms with Gasteiger partial charge in [0.15, 0.2) is 0 Å². The SMILES string of the molecule is CCOC(=O)CCNCc1ccc(NC(=C2C(=O)Nc3ccc([N+](=O)[O-])cc32)c2ccccc2)cc1. The molecule has 1 aliphatic heterocycles. The highest BCUT2D eigenvalue weighted by atomic mass is 16.6. The van der Waals surface area contributed by atoms with Crippen LogP contribution in [-0.4, -0.2) is 30.0 Å². The summed E-state index contributed by atoms with van der Waals surface area (Å²) in [7, 11) is 0. The first-order valence-corrected chi connectivity index (χ1v) is 11.6. The fraction of sp³-hybridized carbons (Fsp3) is 0.185. The van der Waals surface area contributed by atoms with Gasteiger partial charge in [-0.3, -0.25) is 19.7 Å². The number of nitro groups is 1. The van der Waals surface area contributed by atoms with E-state index in [1.165, 1.54) is 12.1 Å². The molecule has 3 aromatic carbocycles. The van der Waals surface area contributed by atoms with Crippen molar-refractivity contribution in [3.63, 3.8) is 0 Å². The van der Waals surface area contributed by atoms with E-state index in [1.807, 2.05) is 54.6 Å². The molecule has 9 nitrogen and oxygen atoms in total. The first-order valence-electron chi connectivity index (χ1n) is 11.6. The Morgan fingerprint density at radius 2 is 1.81 bits per heavy atom. The molecule has 0 fully saturated rings. The van der Waals surface area contributed by atoms with Crippen LogP contribution >= 0.6 is 0 Å². The lowest BCUT2D eigenvalue weighted by Gasteiger charge is -2.15. The third-order valence-electron chi connectivity index (χ3n) is 5.63. The lowest BCUT2D eigenvalue weighted by Crippen LogP contribution is -2.19. The maximum absolute atomic E-state index is 13.0. The van der Waals surface area contributed by atoms with Crippen LogP contribution in [-0.2, 0) is 20.9 Å². The van der Waals surface area contributed by atoms with E-state index in [-0.39, 0.29) is 17.6 Å². The van der Waals surface area contributed by atoms with Crippen molar-refractivity contribution < 1.29 is 19.2 Å². The molecule has 0 spiro atoms. The number of rotatable bonds is 10. The van der Waals surface area contributed by atoms with E-state index < -0.39 is 4.92 Å². The molecule has 0 aliphatic carbocycles. The number of nitro benzene ring substituents is 1. The molecule has 0 unspecified atom stereocenters. The fourth-order valence-electron chi connectivity index (χ4n) is 3.91. The van der Waals surface area contributed by atoms with Gasteiger partial charge in [0.1, 0.15) is 0 Å². The summed E-state index contributed by atoms with van der Waals surface area (Å²) in [4.78, 5) is 35.3. The van der Waals surface area contributed by atoms with Crippen LogP contribution in [0.3, 0.4) is 0 Å². The number of esters is 1. The lowest BCUT2D eigenvalue weighted by atomic mass is 9.99. The minimum absolute atomic E-state index is 0.0880. The molecule has 184 valence electrons. The molecule has 36 heavy (non-hydrogen) atoms. The molecule has 0 saturated heterocycles. The molecule has 0 aromatic heterocycles. The van der Waals surface area contributed by atoms with Crippen LogP contribution in [0.4, 0.5) is 17.1 Å². The number of amides is 1. The summed E-state index contributed by atoms with van der Waals surface area (Å²) in [6, 6.07) is 21.4. The zero-order valence-electron chi connectivity index (χ0n) is 19.7. The summed E-state index contributed by atoms with van der Waals surface area (Å²) < 4.78 is 4.92. The maximum Gasteiger partial charge on any atom is 0.307 e. The third-order valence-corrected chi connectivity index (χ3v) is 5.63. The molecule has 1 aliphatic rings. The van der Waals surface area contributed by atoms with Crippen LogP contribution in [0, 0.1) is 10.1 Å². The van der Waals surface area contributed by atoms with Gasteiger partial charge in [-0.05, 0) is 36.2 Å². The number of anilines is 2. The topological polar surface area (TPSA) is 123 Å². The van der Waals surface area contributed by atoms with Crippen molar-refractivity contribution in [1.29, 1.82) is 0 Å². The summed E-state index contributed by atoms with van der Waals surface area (Å²) in [6.07, 6.45) is 0.309. The number of ether oxygens (including phenoxy) is 1. The normalized spacial score (nSPS) is 13.5. The quantitative estimate of drug-likeness (QED) is 0.126. The minimum atomic E-state index is -0.476. The fourth-order valence-corrected chi connectivity index (χ4v) is 3.91. The highest BCUT2D eigenvalue weighted by Gasteiger charge is 2.30. The maximum atomic E-state index is 13.0. The van der Waals surface area contributed by atoms with E-state index in [9.17, 15) is 19.7 Å². The van der Waals surface area contributed by atoms with Gasteiger partial charge in [-0.1, -0.05) is 42.5 Å². The summed E-state index contributed by atoms with van der Waals surface area (Å²) in [5.41, 5.74) is 4.35. The van der Waals surface area contributed by atoms with Gasteiger partial charge in [-0.2, -0.15) is 0 Å². The van der Waals surface area contributed by atoms with Crippen LogP contribution in [0.2, 0.25) is 0 Å². The largest absolute Gasteiger partial charge is 0.466 e. The molecule has 0 saturated carbocycles. The van der Waals surface area contributed by atoms with Gasteiger partial charge in [-0.15, -0.1) is 0 Å². The predicted octanol–water partition coefficient (Wildman–Crippen LogP) is 4.57. The van der Waals surface area contributed by atoms with Gasteiger partial charge in [0, 0.05) is 42.2 Å². The van der Waals surface area contributed by atoms with Crippen LogP contribution in [0.5, 0.6) is 0 Å². The number of benzene rings is 3. The molecular formula is C27H26N4O5. The molecule has 3 aromatic rings. The van der Waals surface area contributed by atoms with Gasteiger partial charge in [0.25, 0.3) is 11.6 Å². The molecule has 3 N–H and O–H groups in total. The first-order chi connectivity index (χ1) is 17.5. The molecule has 0 radical (unpaired) electrons. The van der Waals surface area contributed by atoms with Gasteiger partial charge in [0.05, 0.1) is 29.2 Å². The van der Waals surface area contributed by atoms with E-state index in [0.29, 0.717) is 48.6 Å². The zero-order chi connectivity index (χ0) is 25.5. The number of non-ortho nitro benzene ring substituents is 1. The predicted molar refractivity (Wildman–Crippen MR) is 138 cm³/mol. The molecule has 9 heteroatoms. The van der Waals surface area contributed by atoms with Crippen molar-refractivity contribution in [3.05, 3.63) is 99.6 Å². The van der Waals surface area contributed by atoms with E-state index in [2.05, 4.69) is 16.0 Å². The molecule has 0 bridgehead atoms. The number of fused-ring (bicyclic) bond motifs is 1.